The lowest BCUT2D eigenvalue weighted by Crippen LogP contribution is -2.15. The maximum Gasteiger partial charge on any atom is 0.258 e. The fourth-order valence-electron chi connectivity index (χ4n) is 3.31. The van der Waals surface area contributed by atoms with Crippen LogP contribution in [0, 0.1) is 12.7 Å². The molecule has 8 nitrogen and oxygen atoms in total. The first-order chi connectivity index (χ1) is 15.8. The Labute approximate surface area is 188 Å². The number of nitrogens with zero attached hydrogens (tertiary/aromatic N) is 1. The molecule has 4 rings (SSSR count). The molecule has 0 atom stereocenters. The van der Waals surface area contributed by atoms with Gasteiger partial charge in [0, 0.05) is 29.2 Å². The van der Waals surface area contributed by atoms with E-state index in [9.17, 15) is 18.8 Å². The van der Waals surface area contributed by atoms with Crippen LogP contribution in [0.3, 0.4) is 0 Å². The van der Waals surface area contributed by atoms with Crippen LogP contribution in [0.1, 0.15) is 33.2 Å². The normalized spacial score (nSPS) is 10.6. The summed E-state index contributed by atoms with van der Waals surface area (Å²) in [5, 5.41) is 15.6. The summed E-state index contributed by atoms with van der Waals surface area (Å²) in [6, 6.07) is 15.7. The number of rotatable bonds is 5. The first-order valence-electron chi connectivity index (χ1n) is 10.0. The Balaban J connectivity index is 1.49. The van der Waals surface area contributed by atoms with E-state index in [0.29, 0.717) is 33.7 Å². The predicted molar refractivity (Wildman–Crippen MR) is 124 cm³/mol. The highest BCUT2D eigenvalue weighted by Gasteiger charge is 2.14. The molecule has 0 aliphatic heterocycles. The molecule has 0 aliphatic carbocycles. The van der Waals surface area contributed by atoms with E-state index in [1.807, 2.05) is 0 Å². The van der Waals surface area contributed by atoms with Gasteiger partial charge < -0.3 is 16.0 Å². The number of amides is 3. The van der Waals surface area contributed by atoms with E-state index in [1.165, 1.54) is 25.1 Å². The van der Waals surface area contributed by atoms with E-state index in [4.69, 9.17) is 0 Å². The third-order valence-electron chi connectivity index (χ3n) is 4.86. The summed E-state index contributed by atoms with van der Waals surface area (Å²) < 4.78 is 14.0. The molecule has 0 aliphatic rings. The Morgan fingerprint density at radius 2 is 1.64 bits per heavy atom. The molecule has 0 unspecified atom stereocenters. The van der Waals surface area contributed by atoms with Gasteiger partial charge in [-0.1, -0.05) is 17.7 Å². The minimum Gasteiger partial charge on any atom is -0.322 e. The second-order valence-corrected chi connectivity index (χ2v) is 7.49. The lowest BCUT2D eigenvalue weighted by molar-refractivity contribution is -0.114. The third-order valence-corrected chi connectivity index (χ3v) is 4.86. The van der Waals surface area contributed by atoms with Crippen molar-refractivity contribution in [3.63, 3.8) is 0 Å². The average molecular weight is 445 g/mol. The molecule has 3 aromatic carbocycles. The number of aromatic nitrogens is 2. The van der Waals surface area contributed by atoms with Crippen molar-refractivity contribution in [2.24, 2.45) is 0 Å². The standard InChI is InChI=1S/C24H20FN5O3/c1-13-6-9-20(25)19(10-13)24(33)28-16-5-3-4-15(11-16)23(32)27-17-7-8-18-21(12-17)29-30-22(18)26-14(2)31/h3-12H,1-2H3,(H,27,32)(H,28,33)(H2,26,29,30,31). The van der Waals surface area contributed by atoms with Crippen LogP contribution in [-0.2, 0) is 4.79 Å². The van der Waals surface area contributed by atoms with Crippen LogP contribution < -0.4 is 16.0 Å². The molecule has 4 aromatic rings. The van der Waals surface area contributed by atoms with Crippen LogP contribution >= 0.6 is 0 Å². The number of carbonyl (C=O) groups excluding carboxylic acids is 3. The van der Waals surface area contributed by atoms with Gasteiger partial charge in [-0.3, -0.25) is 19.5 Å². The van der Waals surface area contributed by atoms with Gasteiger partial charge in [0.15, 0.2) is 5.82 Å². The van der Waals surface area contributed by atoms with Gasteiger partial charge in [0.1, 0.15) is 5.82 Å². The van der Waals surface area contributed by atoms with Gasteiger partial charge in [-0.05, 0) is 55.5 Å². The van der Waals surface area contributed by atoms with Gasteiger partial charge in [-0.15, -0.1) is 0 Å². The Bertz CT molecular complexity index is 1400. The summed E-state index contributed by atoms with van der Waals surface area (Å²) in [4.78, 5) is 36.5. The first-order valence-corrected chi connectivity index (χ1v) is 10.0. The maximum absolute atomic E-state index is 14.0. The number of halogens is 1. The van der Waals surface area contributed by atoms with E-state index in [-0.39, 0.29) is 11.5 Å². The quantitative estimate of drug-likeness (QED) is 0.363. The summed E-state index contributed by atoms with van der Waals surface area (Å²) >= 11 is 0. The van der Waals surface area contributed by atoms with E-state index < -0.39 is 17.6 Å². The molecular weight excluding hydrogens is 425 g/mol. The predicted octanol–water partition coefficient (Wildman–Crippen LogP) is 4.47. The van der Waals surface area contributed by atoms with Crippen LogP contribution in [-0.4, -0.2) is 27.9 Å². The molecule has 1 aromatic heterocycles. The van der Waals surface area contributed by atoms with E-state index in [0.717, 1.165) is 5.56 Å². The van der Waals surface area contributed by atoms with Crippen molar-refractivity contribution in [1.29, 1.82) is 0 Å². The Hall–Kier alpha value is -4.53. The van der Waals surface area contributed by atoms with E-state index in [1.54, 1.807) is 49.4 Å². The molecule has 0 radical (unpaired) electrons. The average Bonchev–Trinajstić information content (AvgIpc) is 3.16. The van der Waals surface area contributed by atoms with Crippen molar-refractivity contribution in [3.8, 4) is 0 Å². The second-order valence-electron chi connectivity index (χ2n) is 7.49. The van der Waals surface area contributed by atoms with Crippen molar-refractivity contribution < 1.29 is 18.8 Å². The van der Waals surface area contributed by atoms with Gasteiger partial charge in [-0.2, -0.15) is 5.10 Å². The second kappa shape index (κ2) is 8.91. The Kier molecular flexibility index (Phi) is 5.86. The smallest absolute Gasteiger partial charge is 0.258 e. The third kappa shape index (κ3) is 4.87. The fourth-order valence-corrected chi connectivity index (χ4v) is 3.31. The molecule has 9 heteroatoms. The lowest BCUT2D eigenvalue weighted by atomic mass is 10.1. The molecule has 3 amide bonds. The topological polar surface area (TPSA) is 116 Å². The number of H-pyrrole nitrogens is 1. The molecule has 0 saturated carbocycles. The molecule has 166 valence electrons. The summed E-state index contributed by atoms with van der Waals surface area (Å²) in [5.41, 5.74) is 2.50. The molecule has 0 spiro atoms. The fraction of sp³-hybridized carbons (Fsp3) is 0.0833. The van der Waals surface area contributed by atoms with Crippen molar-refractivity contribution in [2.45, 2.75) is 13.8 Å². The van der Waals surface area contributed by atoms with Crippen LogP contribution in [0.15, 0.2) is 60.7 Å². The number of hydrogen-bond donors (Lipinski definition) is 4. The van der Waals surface area contributed by atoms with Gasteiger partial charge in [0.2, 0.25) is 5.91 Å². The van der Waals surface area contributed by atoms with Gasteiger partial charge in [0.05, 0.1) is 11.1 Å². The zero-order chi connectivity index (χ0) is 23.5. The van der Waals surface area contributed by atoms with Crippen LogP contribution in [0.2, 0.25) is 0 Å². The molecule has 33 heavy (non-hydrogen) atoms. The monoisotopic (exact) mass is 445 g/mol. The van der Waals surface area contributed by atoms with Crippen molar-refractivity contribution >= 4 is 45.8 Å². The SMILES string of the molecule is CC(=O)Nc1n[nH]c2cc(NC(=O)c3cccc(NC(=O)c4cc(C)ccc4F)c3)ccc12. The van der Waals surface area contributed by atoms with Gasteiger partial charge >= 0.3 is 0 Å². The van der Waals surface area contributed by atoms with Crippen LogP contribution in [0.25, 0.3) is 10.9 Å². The number of carbonyl (C=O) groups is 3. The number of fused-ring (bicyclic) bond motifs is 1. The molecule has 0 bridgehead atoms. The van der Waals surface area contributed by atoms with Gasteiger partial charge in [0.25, 0.3) is 11.8 Å². The zero-order valence-corrected chi connectivity index (χ0v) is 17.8. The zero-order valence-electron chi connectivity index (χ0n) is 17.8. The molecule has 0 saturated heterocycles. The lowest BCUT2D eigenvalue weighted by Gasteiger charge is -2.09. The number of benzene rings is 3. The number of hydrogen-bond acceptors (Lipinski definition) is 4. The Morgan fingerprint density at radius 3 is 2.42 bits per heavy atom. The van der Waals surface area contributed by atoms with Crippen molar-refractivity contribution in [1.82, 2.24) is 10.2 Å². The van der Waals surface area contributed by atoms with Crippen molar-refractivity contribution in [3.05, 3.63) is 83.2 Å². The highest BCUT2D eigenvalue weighted by atomic mass is 19.1. The Morgan fingerprint density at radius 1 is 0.879 bits per heavy atom. The van der Waals surface area contributed by atoms with E-state index in [2.05, 4.69) is 26.1 Å². The summed E-state index contributed by atoms with van der Waals surface area (Å²) in [7, 11) is 0. The van der Waals surface area contributed by atoms with Crippen LogP contribution in [0.4, 0.5) is 21.6 Å². The highest BCUT2D eigenvalue weighted by Crippen LogP contribution is 2.24. The number of anilines is 3. The number of aromatic amines is 1. The summed E-state index contributed by atoms with van der Waals surface area (Å²) in [6.45, 7) is 3.16. The highest BCUT2D eigenvalue weighted by molar-refractivity contribution is 6.08. The molecule has 0 fully saturated rings. The summed E-state index contributed by atoms with van der Waals surface area (Å²) in [6.07, 6.45) is 0. The van der Waals surface area contributed by atoms with Gasteiger partial charge in [-0.25, -0.2) is 4.39 Å². The summed E-state index contributed by atoms with van der Waals surface area (Å²) in [5.74, 6) is -1.45. The maximum atomic E-state index is 14.0. The molecule has 4 N–H and O–H groups in total. The van der Waals surface area contributed by atoms with Crippen molar-refractivity contribution in [2.75, 3.05) is 16.0 Å². The molecular formula is C24H20FN5O3. The molecule has 1 heterocycles. The number of nitrogens with one attached hydrogen (secondary N) is 4. The minimum atomic E-state index is -0.622. The minimum absolute atomic E-state index is 0.0728. The number of aryl methyl sites for hydroxylation is 1. The largest absolute Gasteiger partial charge is 0.322 e. The van der Waals surface area contributed by atoms with E-state index >= 15 is 0 Å². The first kappa shape index (κ1) is 21.7. The van der Waals surface area contributed by atoms with Crippen LogP contribution in [0.5, 0.6) is 0 Å².